The molecule has 0 bridgehead atoms. The predicted molar refractivity (Wildman–Crippen MR) is 22.5 cm³/mol. The van der Waals surface area contributed by atoms with Crippen LogP contribution in [0, 0.1) is 12.3 Å². The van der Waals surface area contributed by atoms with Crippen molar-refractivity contribution in [3.05, 3.63) is 6.42 Å². The molecule has 0 saturated carbocycles. The Hall–Kier alpha value is -0.290. The SMILES string of the molecule is [C]#CCC(F)(F)Cl. The minimum absolute atomic E-state index is 0.811. The largest absolute Gasteiger partial charge is 0.332 e. The van der Waals surface area contributed by atoms with Gasteiger partial charge in [0.2, 0.25) is 0 Å². The lowest BCUT2D eigenvalue weighted by Crippen LogP contribution is -2.01. The molecular weight excluding hydrogens is 121 g/mol. The standard InChI is InChI=1S/C4H2ClF2/c1-2-3-4(5,6)7/h3H2. The van der Waals surface area contributed by atoms with Gasteiger partial charge in [-0.25, -0.2) is 0 Å². The van der Waals surface area contributed by atoms with Gasteiger partial charge < -0.3 is 0 Å². The molecule has 0 heterocycles. The Balaban J connectivity index is 3.40. The summed E-state index contributed by atoms with van der Waals surface area (Å²) in [7, 11) is 0. The van der Waals surface area contributed by atoms with Gasteiger partial charge in [-0.2, -0.15) is 8.78 Å². The summed E-state index contributed by atoms with van der Waals surface area (Å²) in [6.45, 7) is 0. The molecule has 0 nitrogen and oxygen atoms in total. The maximum absolute atomic E-state index is 11.3. The smallest absolute Gasteiger partial charge is 0.187 e. The number of alkyl halides is 3. The molecule has 0 atom stereocenters. The molecule has 0 fully saturated rings. The molecule has 0 aliphatic rings. The summed E-state index contributed by atoms with van der Waals surface area (Å²) in [4.78, 5) is 0. The van der Waals surface area contributed by atoms with Crippen molar-refractivity contribution in [1.29, 1.82) is 0 Å². The zero-order chi connectivity index (χ0) is 5.91. The van der Waals surface area contributed by atoms with Crippen LogP contribution in [0.2, 0.25) is 0 Å². The van der Waals surface area contributed by atoms with E-state index in [1.54, 1.807) is 0 Å². The van der Waals surface area contributed by atoms with E-state index in [2.05, 4.69) is 11.6 Å². The third kappa shape index (κ3) is 5.71. The van der Waals surface area contributed by atoms with Crippen LogP contribution in [0.25, 0.3) is 0 Å². The zero-order valence-electron chi connectivity index (χ0n) is 3.34. The Bertz CT molecular complexity index is 86.8. The fraction of sp³-hybridized carbons (Fsp3) is 0.500. The van der Waals surface area contributed by atoms with Crippen molar-refractivity contribution < 1.29 is 8.78 Å². The first-order valence-electron chi connectivity index (χ1n) is 1.52. The molecule has 0 aliphatic carbocycles. The van der Waals surface area contributed by atoms with E-state index in [4.69, 9.17) is 6.42 Å². The van der Waals surface area contributed by atoms with Crippen LogP contribution in [0.15, 0.2) is 0 Å². The highest BCUT2D eigenvalue weighted by atomic mass is 35.5. The molecule has 0 aromatic carbocycles. The van der Waals surface area contributed by atoms with E-state index in [-0.39, 0.29) is 0 Å². The van der Waals surface area contributed by atoms with Gasteiger partial charge in [-0.15, -0.1) is 0 Å². The maximum Gasteiger partial charge on any atom is 0.332 e. The molecule has 0 amide bonds. The van der Waals surface area contributed by atoms with Crippen LogP contribution in [-0.4, -0.2) is 5.38 Å². The Kier molecular flexibility index (Phi) is 2.04. The topological polar surface area (TPSA) is 0 Å². The molecule has 1 radical (unpaired) electrons. The summed E-state index contributed by atoms with van der Waals surface area (Å²) >= 11 is 4.32. The molecule has 0 unspecified atom stereocenters. The van der Waals surface area contributed by atoms with Gasteiger partial charge in [-0.3, -0.25) is 0 Å². The van der Waals surface area contributed by atoms with Gasteiger partial charge in [0.1, 0.15) is 0 Å². The Morgan fingerprint density at radius 1 is 1.71 bits per heavy atom. The lowest BCUT2D eigenvalue weighted by Gasteiger charge is -1.98. The van der Waals surface area contributed by atoms with Crippen LogP contribution in [0.4, 0.5) is 8.78 Å². The second-order valence-corrected chi connectivity index (χ2v) is 1.52. The van der Waals surface area contributed by atoms with Gasteiger partial charge in [0, 0.05) is 0 Å². The van der Waals surface area contributed by atoms with Crippen molar-refractivity contribution in [3.63, 3.8) is 0 Å². The lowest BCUT2D eigenvalue weighted by atomic mass is 10.5. The van der Waals surface area contributed by atoms with Gasteiger partial charge in [0.15, 0.2) is 0 Å². The second kappa shape index (κ2) is 2.13. The van der Waals surface area contributed by atoms with Gasteiger partial charge in [0.05, 0.1) is 6.42 Å². The summed E-state index contributed by atoms with van der Waals surface area (Å²) < 4.78 is 22.6. The zero-order valence-corrected chi connectivity index (χ0v) is 4.10. The van der Waals surface area contributed by atoms with Crippen LogP contribution < -0.4 is 0 Å². The van der Waals surface area contributed by atoms with Crippen LogP contribution >= 0.6 is 11.6 Å². The molecule has 0 aromatic heterocycles. The molecule has 39 valence electrons. The Morgan fingerprint density at radius 3 is 2.14 bits per heavy atom. The first kappa shape index (κ1) is 6.71. The quantitative estimate of drug-likeness (QED) is 0.368. The minimum atomic E-state index is -3.28. The average molecular weight is 124 g/mol. The van der Waals surface area contributed by atoms with Crippen LogP contribution in [0.5, 0.6) is 0 Å². The van der Waals surface area contributed by atoms with Gasteiger partial charge in [0.25, 0.3) is 0 Å². The van der Waals surface area contributed by atoms with Crippen LogP contribution in [0.1, 0.15) is 6.42 Å². The molecule has 3 heteroatoms. The van der Waals surface area contributed by atoms with Crippen LogP contribution in [-0.2, 0) is 0 Å². The number of hydrogen-bond acceptors (Lipinski definition) is 0. The summed E-state index contributed by atoms with van der Waals surface area (Å²) in [5, 5.41) is -3.28. The van der Waals surface area contributed by atoms with E-state index < -0.39 is 11.8 Å². The maximum atomic E-state index is 11.3. The third-order valence-electron chi connectivity index (χ3n) is 0.289. The highest BCUT2D eigenvalue weighted by Crippen LogP contribution is 2.21. The molecule has 0 saturated heterocycles. The minimum Gasteiger partial charge on any atom is -0.187 e. The average Bonchev–Trinajstić information content (AvgIpc) is 1.30. The number of hydrogen-bond donors (Lipinski definition) is 0. The van der Waals surface area contributed by atoms with E-state index in [0.717, 1.165) is 0 Å². The summed E-state index contributed by atoms with van der Waals surface area (Å²) in [6, 6.07) is 0. The fourth-order valence-corrected chi connectivity index (χ4v) is 0.167. The second-order valence-electron chi connectivity index (χ2n) is 0.969. The summed E-state index contributed by atoms with van der Waals surface area (Å²) in [6.07, 6.45) is 5.23. The molecule has 0 N–H and O–H groups in total. The van der Waals surface area contributed by atoms with Crippen molar-refractivity contribution in [2.75, 3.05) is 0 Å². The molecule has 7 heavy (non-hydrogen) atoms. The van der Waals surface area contributed by atoms with Crippen molar-refractivity contribution in [2.45, 2.75) is 11.8 Å². The van der Waals surface area contributed by atoms with Crippen molar-refractivity contribution in [3.8, 4) is 5.92 Å². The highest BCUT2D eigenvalue weighted by Gasteiger charge is 2.21. The van der Waals surface area contributed by atoms with Crippen molar-refractivity contribution >= 4 is 11.6 Å². The van der Waals surface area contributed by atoms with E-state index in [0.29, 0.717) is 0 Å². The van der Waals surface area contributed by atoms with E-state index in [1.165, 1.54) is 5.92 Å². The monoisotopic (exact) mass is 123 g/mol. The van der Waals surface area contributed by atoms with Gasteiger partial charge in [-0.05, 0) is 18.0 Å². The molecule has 0 rings (SSSR count). The molecule has 0 spiro atoms. The van der Waals surface area contributed by atoms with Crippen molar-refractivity contribution in [2.24, 2.45) is 0 Å². The summed E-state index contributed by atoms with van der Waals surface area (Å²) in [5.74, 6) is 1.48. The van der Waals surface area contributed by atoms with Gasteiger partial charge in [-0.1, -0.05) is 5.92 Å². The lowest BCUT2D eigenvalue weighted by molar-refractivity contribution is 0.103. The predicted octanol–water partition coefficient (Wildman–Crippen LogP) is 1.80. The Labute approximate surface area is 45.5 Å². The summed E-state index contributed by atoms with van der Waals surface area (Å²) in [5.41, 5.74) is 0. The van der Waals surface area contributed by atoms with Crippen LogP contribution in [0.3, 0.4) is 0 Å². The molecular formula is C4H2ClF2. The van der Waals surface area contributed by atoms with E-state index in [9.17, 15) is 8.78 Å². The first-order valence-corrected chi connectivity index (χ1v) is 1.90. The van der Waals surface area contributed by atoms with Crippen molar-refractivity contribution in [1.82, 2.24) is 0 Å². The van der Waals surface area contributed by atoms with Gasteiger partial charge >= 0.3 is 5.38 Å². The number of rotatable bonds is 1. The number of halogens is 3. The molecule has 0 aliphatic heterocycles. The Morgan fingerprint density at radius 2 is 2.14 bits per heavy atom. The first-order chi connectivity index (χ1) is 3.06. The normalized spacial score (nSPS) is 10.6. The van der Waals surface area contributed by atoms with E-state index >= 15 is 0 Å². The fourth-order valence-electron chi connectivity index (χ4n) is 0.100. The highest BCUT2D eigenvalue weighted by molar-refractivity contribution is 6.21. The third-order valence-corrected chi connectivity index (χ3v) is 0.422. The van der Waals surface area contributed by atoms with E-state index in [1.807, 2.05) is 0 Å². The molecule has 0 aromatic rings.